The van der Waals surface area contributed by atoms with E-state index in [1.807, 2.05) is 25.3 Å². The molecule has 6 heteroatoms. The highest BCUT2D eigenvalue weighted by Crippen LogP contribution is 2.23. The molecule has 1 rings (SSSR count). The molecule has 0 aliphatic heterocycles. The summed E-state index contributed by atoms with van der Waals surface area (Å²) in [5, 5.41) is 4.62. The average molecular weight is 333 g/mol. The highest BCUT2D eigenvalue weighted by atomic mass is 79.9. The molecule has 1 heterocycles. The number of carbonyl (C=O) groups is 2. The Morgan fingerprint density at radius 3 is 2.67 bits per heavy atom. The molecule has 1 aromatic rings. The van der Waals surface area contributed by atoms with Crippen LogP contribution < -0.4 is 5.32 Å². The summed E-state index contributed by atoms with van der Waals surface area (Å²) in [6.45, 7) is 4.76. The Hall–Kier alpha value is -0.880. The van der Waals surface area contributed by atoms with Crippen molar-refractivity contribution in [2.45, 2.75) is 13.8 Å². The zero-order valence-corrected chi connectivity index (χ0v) is 13.1. The van der Waals surface area contributed by atoms with Gasteiger partial charge in [0, 0.05) is 18.1 Å². The maximum atomic E-state index is 12.0. The van der Waals surface area contributed by atoms with E-state index in [1.54, 1.807) is 7.05 Å². The lowest BCUT2D eigenvalue weighted by Crippen LogP contribution is -2.39. The van der Waals surface area contributed by atoms with Gasteiger partial charge in [-0.25, -0.2) is 0 Å². The molecule has 100 valence electrons. The molecule has 0 atom stereocenters. The quantitative estimate of drug-likeness (QED) is 0.899. The maximum absolute atomic E-state index is 12.0. The number of halogens is 1. The molecule has 2 amide bonds. The first-order valence-electron chi connectivity index (χ1n) is 5.67. The fourth-order valence-corrected chi connectivity index (χ4v) is 2.82. The zero-order chi connectivity index (χ0) is 13.7. The maximum Gasteiger partial charge on any atom is 0.265 e. The van der Waals surface area contributed by atoms with E-state index < -0.39 is 0 Å². The van der Waals surface area contributed by atoms with Gasteiger partial charge in [0.25, 0.3) is 5.91 Å². The van der Waals surface area contributed by atoms with Crippen LogP contribution in [0.4, 0.5) is 0 Å². The summed E-state index contributed by atoms with van der Waals surface area (Å²) in [5.41, 5.74) is 0. The van der Waals surface area contributed by atoms with E-state index in [0.717, 1.165) is 4.47 Å². The van der Waals surface area contributed by atoms with Crippen molar-refractivity contribution in [1.29, 1.82) is 0 Å². The number of amides is 2. The minimum atomic E-state index is -0.142. The molecule has 4 nitrogen and oxygen atoms in total. The fourth-order valence-electron chi connectivity index (χ4n) is 1.28. The second-order valence-corrected chi connectivity index (χ2v) is 6.23. The summed E-state index contributed by atoms with van der Waals surface area (Å²) in [4.78, 5) is 25.7. The van der Waals surface area contributed by atoms with E-state index >= 15 is 0 Å². The predicted octanol–water partition coefficient (Wildman–Crippen LogP) is 2.35. The predicted molar refractivity (Wildman–Crippen MR) is 76.8 cm³/mol. The Bertz CT molecular complexity index is 431. The largest absolute Gasteiger partial charge is 0.354 e. The minimum Gasteiger partial charge on any atom is -0.354 e. The van der Waals surface area contributed by atoms with Crippen molar-refractivity contribution < 1.29 is 9.59 Å². The number of nitrogens with zero attached hydrogens (tertiary/aromatic N) is 1. The van der Waals surface area contributed by atoms with Crippen LogP contribution in [0.15, 0.2) is 15.9 Å². The second kappa shape index (κ2) is 6.89. The summed E-state index contributed by atoms with van der Waals surface area (Å²) in [6, 6.07) is 1.82. The van der Waals surface area contributed by atoms with Gasteiger partial charge < -0.3 is 10.2 Å². The van der Waals surface area contributed by atoms with Crippen molar-refractivity contribution in [2.24, 2.45) is 5.92 Å². The van der Waals surface area contributed by atoms with Crippen molar-refractivity contribution in [1.82, 2.24) is 10.2 Å². The number of nitrogens with one attached hydrogen (secondary N) is 1. The van der Waals surface area contributed by atoms with E-state index in [9.17, 15) is 9.59 Å². The molecule has 0 saturated carbocycles. The molecule has 0 aliphatic carbocycles. The molecule has 0 aliphatic rings. The van der Waals surface area contributed by atoms with E-state index in [1.165, 1.54) is 16.2 Å². The van der Waals surface area contributed by atoms with Gasteiger partial charge in [-0.3, -0.25) is 9.59 Å². The smallest absolute Gasteiger partial charge is 0.265 e. The number of rotatable bonds is 5. The van der Waals surface area contributed by atoms with E-state index in [2.05, 4.69) is 21.2 Å². The summed E-state index contributed by atoms with van der Waals surface area (Å²) >= 11 is 4.68. The Labute approximate surface area is 119 Å². The van der Waals surface area contributed by atoms with Crippen LogP contribution in [0.2, 0.25) is 0 Å². The molecular weight excluding hydrogens is 316 g/mol. The lowest BCUT2D eigenvalue weighted by atomic mass is 10.2. The van der Waals surface area contributed by atoms with E-state index in [-0.39, 0.29) is 18.4 Å². The van der Waals surface area contributed by atoms with Crippen molar-refractivity contribution >= 4 is 39.1 Å². The molecule has 0 saturated heterocycles. The lowest BCUT2D eigenvalue weighted by molar-refractivity contribution is -0.121. The van der Waals surface area contributed by atoms with Gasteiger partial charge in [-0.2, -0.15) is 0 Å². The minimum absolute atomic E-state index is 0.0793. The standard InChI is InChI=1S/C12H17BrN2O2S/c1-8(2)6-14-10(16)7-15(3)12(17)11-9(13)4-5-18-11/h4-5,8H,6-7H2,1-3H3,(H,14,16). The first-order valence-corrected chi connectivity index (χ1v) is 7.34. The van der Waals surface area contributed by atoms with Crippen LogP contribution >= 0.6 is 27.3 Å². The van der Waals surface area contributed by atoms with Crippen LogP contribution in [0.25, 0.3) is 0 Å². The van der Waals surface area contributed by atoms with Crippen molar-refractivity contribution in [3.63, 3.8) is 0 Å². The molecule has 0 radical (unpaired) electrons. The Kier molecular flexibility index (Phi) is 5.81. The van der Waals surface area contributed by atoms with Gasteiger partial charge in [0.1, 0.15) is 4.88 Å². The van der Waals surface area contributed by atoms with Crippen LogP contribution in [-0.4, -0.2) is 36.9 Å². The van der Waals surface area contributed by atoms with E-state index in [0.29, 0.717) is 17.3 Å². The van der Waals surface area contributed by atoms with Crippen LogP contribution in [0.1, 0.15) is 23.5 Å². The van der Waals surface area contributed by atoms with Crippen LogP contribution in [-0.2, 0) is 4.79 Å². The van der Waals surface area contributed by atoms with Crippen LogP contribution in [0.3, 0.4) is 0 Å². The molecule has 0 bridgehead atoms. The second-order valence-electron chi connectivity index (χ2n) is 4.46. The van der Waals surface area contributed by atoms with Gasteiger partial charge in [-0.1, -0.05) is 13.8 Å². The third-order valence-electron chi connectivity index (χ3n) is 2.25. The molecule has 0 unspecified atom stereocenters. The first-order chi connectivity index (χ1) is 8.41. The SMILES string of the molecule is CC(C)CNC(=O)CN(C)C(=O)c1sccc1Br. The van der Waals surface area contributed by atoms with Gasteiger partial charge in [0.05, 0.1) is 6.54 Å². The number of likely N-dealkylation sites (N-methyl/N-ethyl adjacent to an activating group) is 1. The molecule has 0 fully saturated rings. The van der Waals surface area contributed by atoms with Gasteiger partial charge in [0.15, 0.2) is 0 Å². The monoisotopic (exact) mass is 332 g/mol. The highest BCUT2D eigenvalue weighted by Gasteiger charge is 2.18. The first kappa shape index (κ1) is 15.2. The molecule has 1 aromatic heterocycles. The molecule has 0 spiro atoms. The highest BCUT2D eigenvalue weighted by molar-refractivity contribution is 9.10. The average Bonchev–Trinajstić information content (AvgIpc) is 2.71. The Morgan fingerprint density at radius 1 is 1.50 bits per heavy atom. The summed E-state index contributed by atoms with van der Waals surface area (Å²) in [7, 11) is 1.63. The Balaban J connectivity index is 2.50. The van der Waals surface area contributed by atoms with E-state index in [4.69, 9.17) is 0 Å². The van der Waals surface area contributed by atoms with Gasteiger partial charge in [-0.05, 0) is 33.3 Å². The number of hydrogen-bond acceptors (Lipinski definition) is 3. The normalized spacial score (nSPS) is 10.5. The topological polar surface area (TPSA) is 49.4 Å². The summed E-state index contributed by atoms with van der Waals surface area (Å²) < 4.78 is 0.770. The van der Waals surface area contributed by atoms with Crippen molar-refractivity contribution in [3.05, 3.63) is 20.8 Å². The number of hydrogen-bond donors (Lipinski definition) is 1. The third kappa shape index (κ3) is 4.42. The molecule has 0 aromatic carbocycles. The lowest BCUT2D eigenvalue weighted by Gasteiger charge is -2.16. The fraction of sp³-hybridized carbons (Fsp3) is 0.500. The summed E-state index contributed by atoms with van der Waals surface area (Å²) in [5.74, 6) is 0.130. The number of carbonyl (C=O) groups excluding carboxylic acids is 2. The summed E-state index contributed by atoms with van der Waals surface area (Å²) in [6.07, 6.45) is 0. The molecule has 1 N–H and O–H groups in total. The van der Waals surface area contributed by atoms with Crippen molar-refractivity contribution in [3.8, 4) is 0 Å². The van der Waals surface area contributed by atoms with Crippen LogP contribution in [0.5, 0.6) is 0 Å². The number of thiophene rings is 1. The van der Waals surface area contributed by atoms with Crippen LogP contribution in [0, 0.1) is 5.92 Å². The van der Waals surface area contributed by atoms with Gasteiger partial charge in [-0.15, -0.1) is 11.3 Å². The molecular formula is C12H17BrN2O2S. The van der Waals surface area contributed by atoms with Crippen molar-refractivity contribution in [2.75, 3.05) is 20.1 Å². The molecule has 18 heavy (non-hydrogen) atoms. The zero-order valence-electron chi connectivity index (χ0n) is 10.7. The Morgan fingerprint density at radius 2 is 2.17 bits per heavy atom. The van der Waals surface area contributed by atoms with Gasteiger partial charge >= 0.3 is 0 Å². The third-order valence-corrected chi connectivity index (χ3v) is 4.07. The van der Waals surface area contributed by atoms with Gasteiger partial charge in [0.2, 0.25) is 5.91 Å².